The molecule has 2 aromatic carbocycles. The van der Waals surface area contributed by atoms with Crippen LogP contribution in [0.5, 0.6) is 0 Å². The van der Waals surface area contributed by atoms with Gasteiger partial charge in [-0.3, -0.25) is 4.79 Å². The minimum atomic E-state index is -0.337. The van der Waals surface area contributed by atoms with Crippen molar-refractivity contribution in [3.63, 3.8) is 0 Å². The standard InChI is InChI=1S/C18H20FNO/c1-3-17(14-10-8-13(2)9-11-14)20-18(21)12-15-6-4-5-7-16(15)19/h4-11,17H,3,12H2,1-2H3,(H,20,21)/t17-/m0/s1. The Morgan fingerprint density at radius 1 is 1.14 bits per heavy atom. The molecule has 0 bridgehead atoms. The molecular weight excluding hydrogens is 265 g/mol. The summed E-state index contributed by atoms with van der Waals surface area (Å²) in [4.78, 5) is 12.1. The van der Waals surface area contributed by atoms with Gasteiger partial charge in [-0.25, -0.2) is 4.39 Å². The highest BCUT2D eigenvalue weighted by Gasteiger charge is 2.14. The molecule has 2 rings (SSSR count). The monoisotopic (exact) mass is 285 g/mol. The lowest BCUT2D eigenvalue weighted by Gasteiger charge is -2.18. The van der Waals surface area contributed by atoms with Crippen LogP contribution in [0.1, 0.15) is 36.1 Å². The zero-order valence-corrected chi connectivity index (χ0v) is 12.4. The minimum Gasteiger partial charge on any atom is -0.349 e. The van der Waals surface area contributed by atoms with Gasteiger partial charge < -0.3 is 5.32 Å². The Labute approximate surface area is 125 Å². The van der Waals surface area contributed by atoms with Crippen molar-refractivity contribution in [1.82, 2.24) is 5.32 Å². The molecule has 0 saturated heterocycles. The summed E-state index contributed by atoms with van der Waals surface area (Å²) in [6.45, 7) is 4.05. The average Bonchev–Trinajstić information content (AvgIpc) is 2.48. The number of nitrogens with one attached hydrogen (secondary N) is 1. The van der Waals surface area contributed by atoms with Crippen LogP contribution in [0, 0.1) is 12.7 Å². The molecule has 1 N–H and O–H groups in total. The molecule has 0 aromatic heterocycles. The van der Waals surface area contributed by atoms with Crippen molar-refractivity contribution in [1.29, 1.82) is 0 Å². The molecule has 0 aliphatic rings. The lowest BCUT2D eigenvalue weighted by molar-refractivity contribution is -0.121. The van der Waals surface area contributed by atoms with Gasteiger partial charge in [0.1, 0.15) is 5.82 Å². The van der Waals surface area contributed by atoms with Crippen molar-refractivity contribution in [2.45, 2.75) is 32.7 Å². The van der Waals surface area contributed by atoms with E-state index in [4.69, 9.17) is 0 Å². The molecule has 110 valence electrons. The Morgan fingerprint density at radius 3 is 2.43 bits per heavy atom. The number of amides is 1. The third-order valence-electron chi connectivity index (χ3n) is 3.53. The number of halogens is 1. The minimum absolute atomic E-state index is 0.0372. The molecule has 0 unspecified atom stereocenters. The summed E-state index contributed by atoms with van der Waals surface area (Å²) in [7, 11) is 0. The quantitative estimate of drug-likeness (QED) is 0.885. The molecule has 2 aromatic rings. The van der Waals surface area contributed by atoms with Crippen LogP contribution in [0.25, 0.3) is 0 Å². The van der Waals surface area contributed by atoms with Crippen molar-refractivity contribution in [3.8, 4) is 0 Å². The summed E-state index contributed by atoms with van der Waals surface area (Å²) >= 11 is 0. The van der Waals surface area contributed by atoms with Crippen molar-refractivity contribution < 1.29 is 9.18 Å². The van der Waals surface area contributed by atoms with Crippen LogP contribution in [0.3, 0.4) is 0 Å². The second kappa shape index (κ2) is 7.02. The zero-order chi connectivity index (χ0) is 15.2. The van der Waals surface area contributed by atoms with Gasteiger partial charge in [0, 0.05) is 0 Å². The highest BCUT2D eigenvalue weighted by Crippen LogP contribution is 2.17. The fourth-order valence-electron chi connectivity index (χ4n) is 2.28. The van der Waals surface area contributed by atoms with Crippen LogP contribution in [-0.2, 0) is 11.2 Å². The van der Waals surface area contributed by atoms with E-state index < -0.39 is 0 Å². The predicted molar refractivity (Wildman–Crippen MR) is 82.5 cm³/mol. The molecule has 2 nitrogen and oxygen atoms in total. The first kappa shape index (κ1) is 15.2. The number of hydrogen-bond acceptors (Lipinski definition) is 1. The SMILES string of the molecule is CC[C@H](NC(=O)Cc1ccccc1F)c1ccc(C)cc1. The van der Waals surface area contributed by atoms with Crippen LogP contribution in [-0.4, -0.2) is 5.91 Å². The number of carbonyl (C=O) groups excluding carboxylic acids is 1. The van der Waals surface area contributed by atoms with Gasteiger partial charge in [-0.15, -0.1) is 0 Å². The maximum Gasteiger partial charge on any atom is 0.225 e. The first-order chi connectivity index (χ1) is 10.1. The summed E-state index contributed by atoms with van der Waals surface area (Å²) in [6.07, 6.45) is 0.862. The van der Waals surface area contributed by atoms with E-state index in [0.717, 1.165) is 12.0 Å². The van der Waals surface area contributed by atoms with Crippen LogP contribution >= 0.6 is 0 Å². The molecule has 0 spiro atoms. The van der Waals surface area contributed by atoms with Crippen LogP contribution in [0.2, 0.25) is 0 Å². The number of aryl methyl sites for hydroxylation is 1. The van der Waals surface area contributed by atoms with Gasteiger partial charge in [0.05, 0.1) is 12.5 Å². The van der Waals surface area contributed by atoms with Crippen molar-refractivity contribution in [3.05, 3.63) is 71.0 Å². The molecule has 3 heteroatoms. The van der Waals surface area contributed by atoms with E-state index in [1.807, 2.05) is 38.1 Å². The third kappa shape index (κ3) is 4.15. The van der Waals surface area contributed by atoms with E-state index in [9.17, 15) is 9.18 Å². The van der Waals surface area contributed by atoms with Crippen molar-refractivity contribution in [2.75, 3.05) is 0 Å². The van der Waals surface area contributed by atoms with Gasteiger partial charge in [0.25, 0.3) is 0 Å². The topological polar surface area (TPSA) is 29.1 Å². The summed E-state index contributed by atoms with van der Waals surface area (Å²) in [5, 5.41) is 2.97. The Kier molecular flexibility index (Phi) is 5.09. The highest BCUT2D eigenvalue weighted by atomic mass is 19.1. The molecule has 0 aliphatic carbocycles. The molecule has 0 saturated carbocycles. The van der Waals surface area contributed by atoms with E-state index in [1.54, 1.807) is 18.2 Å². The van der Waals surface area contributed by atoms with Crippen LogP contribution < -0.4 is 5.32 Å². The molecule has 21 heavy (non-hydrogen) atoms. The van der Waals surface area contributed by atoms with Crippen LogP contribution in [0.4, 0.5) is 4.39 Å². The maximum atomic E-state index is 13.6. The highest BCUT2D eigenvalue weighted by molar-refractivity contribution is 5.79. The van der Waals surface area contributed by atoms with Gasteiger partial charge >= 0.3 is 0 Å². The van der Waals surface area contributed by atoms with E-state index in [1.165, 1.54) is 11.6 Å². The fraction of sp³-hybridized carbons (Fsp3) is 0.278. The Balaban J connectivity index is 2.03. The number of benzene rings is 2. The van der Waals surface area contributed by atoms with Gasteiger partial charge in [0.15, 0.2) is 0 Å². The van der Waals surface area contributed by atoms with Crippen LogP contribution in [0.15, 0.2) is 48.5 Å². The summed E-state index contributed by atoms with van der Waals surface area (Å²) < 4.78 is 13.6. The second-order valence-electron chi connectivity index (χ2n) is 5.21. The largest absolute Gasteiger partial charge is 0.349 e. The Bertz CT molecular complexity index is 607. The Morgan fingerprint density at radius 2 is 1.81 bits per heavy atom. The molecule has 0 aliphatic heterocycles. The molecule has 0 heterocycles. The summed E-state index contributed by atoms with van der Waals surface area (Å²) in [5.74, 6) is -0.497. The normalized spacial score (nSPS) is 12.0. The molecular formula is C18H20FNO. The van der Waals surface area contributed by atoms with Gasteiger partial charge in [-0.2, -0.15) is 0 Å². The molecule has 1 atom stereocenters. The maximum absolute atomic E-state index is 13.6. The number of rotatable bonds is 5. The smallest absolute Gasteiger partial charge is 0.225 e. The fourth-order valence-corrected chi connectivity index (χ4v) is 2.28. The van der Waals surface area contributed by atoms with E-state index in [0.29, 0.717) is 5.56 Å². The van der Waals surface area contributed by atoms with E-state index >= 15 is 0 Å². The summed E-state index contributed by atoms with van der Waals surface area (Å²) in [5.41, 5.74) is 2.69. The second-order valence-corrected chi connectivity index (χ2v) is 5.21. The third-order valence-corrected chi connectivity index (χ3v) is 3.53. The van der Waals surface area contributed by atoms with E-state index in [2.05, 4.69) is 5.32 Å². The van der Waals surface area contributed by atoms with Gasteiger partial charge in [-0.1, -0.05) is 55.0 Å². The first-order valence-corrected chi connectivity index (χ1v) is 7.19. The summed E-state index contributed by atoms with van der Waals surface area (Å²) in [6, 6.07) is 14.4. The van der Waals surface area contributed by atoms with Crippen molar-refractivity contribution >= 4 is 5.91 Å². The van der Waals surface area contributed by atoms with Crippen molar-refractivity contribution in [2.24, 2.45) is 0 Å². The van der Waals surface area contributed by atoms with Gasteiger partial charge in [-0.05, 0) is 30.5 Å². The Hall–Kier alpha value is -2.16. The molecule has 0 fully saturated rings. The number of hydrogen-bond donors (Lipinski definition) is 1. The zero-order valence-electron chi connectivity index (χ0n) is 12.4. The molecule has 0 radical (unpaired) electrons. The number of carbonyl (C=O) groups is 1. The van der Waals surface area contributed by atoms with Gasteiger partial charge in [0.2, 0.25) is 5.91 Å². The lowest BCUT2D eigenvalue weighted by Crippen LogP contribution is -2.29. The molecule has 1 amide bonds. The average molecular weight is 285 g/mol. The van der Waals surface area contributed by atoms with E-state index in [-0.39, 0.29) is 24.2 Å². The first-order valence-electron chi connectivity index (χ1n) is 7.19. The lowest BCUT2D eigenvalue weighted by atomic mass is 10.0. The predicted octanol–water partition coefficient (Wildman–Crippen LogP) is 3.94.